The number of rotatable bonds is 4. The Hall–Kier alpha value is -0.670. The lowest BCUT2D eigenvalue weighted by Crippen LogP contribution is -2.62. The van der Waals surface area contributed by atoms with Gasteiger partial charge in [-0.15, -0.1) is 0 Å². The minimum absolute atomic E-state index is 0.000756. The fourth-order valence-corrected chi connectivity index (χ4v) is 10.1. The van der Waals surface area contributed by atoms with E-state index in [0.29, 0.717) is 29.0 Å². The predicted molar refractivity (Wildman–Crippen MR) is 133 cm³/mol. The first-order valence-corrected chi connectivity index (χ1v) is 13.8. The second-order valence-corrected chi connectivity index (χ2v) is 14.4. The molecule has 1 heterocycles. The monoisotopic (exact) mass is 456 g/mol. The fraction of sp³-hybridized carbons (Fsp3) is 0.900. The molecular formula is C30H48O3. The van der Waals surface area contributed by atoms with Gasteiger partial charge >= 0.3 is 0 Å². The molecule has 8 atom stereocenters. The molecule has 0 aromatic carbocycles. The number of Topliss-reactive ketones (excluding diaryl/α,β-unsaturated/α-hetero) is 1. The molecule has 1 aliphatic heterocycles. The van der Waals surface area contributed by atoms with E-state index in [9.17, 15) is 9.90 Å². The first-order chi connectivity index (χ1) is 15.2. The summed E-state index contributed by atoms with van der Waals surface area (Å²) in [5, 5.41) is 10.8. The number of ketones is 1. The average Bonchev–Trinajstić information content (AvgIpc) is 3.20. The van der Waals surface area contributed by atoms with Gasteiger partial charge in [-0.2, -0.15) is 0 Å². The molecule has 0 amide bonds. The Balaban J connectivity index is 1.43. The third-order valence-corrected chi connectivity index (χ3v) is 12.3. The van der Waals surface area contributed by atoms with E-state index in [4.69, 9.17) is 4.74 Å². The number of aliphatic hydroxyl groups excluding tert-OH is 1. The molecule has 0 aromatic rings. The van der Waals surface area contributed by atoms with Gasteiger partial charge in [-0.3, -0.25) is 4.79 Å². The molecule has 1 unspecified atom stereocenters. The summed E-state index contributed by atoms with van der Waals surface area (Å²) in [7, 11) is 0. The van der Waals surface area contributed by atoms with Crippen LogP contribution in [0.3, 0.4) is 0 Å². The number of aliphatic hydroxyl groups is 1. The first-order valence-electron chi connectivity index (χ1n) is 13.8. The standard InChI is InChI=1S/C30H48O3/c1-18(17-21(31)25-27(4,5)33-25)19-11-15-29(7)20(19)9-10-23-28(6)14-13-24(32)26(2,3)22(28)12-16-30(23,29)8/h18,21-23,25,31H,9-17H2,1-8H3/t18?,21-,22-,23-,25+,28-,29-,30-/m0/s1. The number of epoxide rings is 1. The van der Waals surface area contributed by atoms with Crippen LogP contribution in [0, 0.1) is 39.4 Å². The van der Waals surface area contributed by atoms with Crippen LogP contribution in [0.5, 0.6) is 0 Å². The van der Waals surface area contributed by atoms with E-state index in [-0.39, 0.29) is 34.1 Å². The molecule has 5 aliphatic rings. The van der Waals surface area contributed by atoms with Crippen molar-refractivity contribution in [2.45, 2.75) is 131 Å². The van der Waals surface area contributed by atoms with Crippen molar-refractivity contribution in [2.24, 2.45) is 39.4 Å². The third kappa shape index (κ3) is 3.16. The van der Waals surface area contributed by atoms with Crippen LogP contribution < -0.4 is 0 Å². The lowest BCUT2D eigenvalue weighted by molar-refractivity contribution is -0.180. The van der Waals surface area contributed by atoms with Crippen molar-refractivity contribution in [1.29, 1.82) is 0 Å². The second kappa shape index (κ2) is 7.19. The number of hydrogen-bond donors (Lipinski definition) is 1. The summed E-state index contributed by atoms with van der Waals surface area (Å²) < 4.78 is 5.74. The molecule has 1 saturated heterocycles. The van der Waals surface area contributed by atoms with Gasteiger partial charge in [0.15, 0.2) is 0 Å². The number of ether oxygens (including phenoxy) is 1. The van der Waals surface area contributed by atoms with Crippen LogP contribution in [0.4, 0.5) is 0 Å². The highest BCUT2D eigenvalue weighted by atomic mass is 16.6. The third-order valence-electron chi connectivity index (χ3n) is 12.3. The molecule has 186 valence electrons. The highest BCUT2D eigenvalue weighted by molar-refractivity contribution is 5.85. The van der Waals surface area contributed by atoms with Crippen molar-refractivity contribution in [3.05, 3.63) is 11.1 Å². The minimum atomic E-state index is -0.363. The lowest BCUT2D eigenvalue weighted by Gasteiger charge is -2.68. The van der Waals surface area contributed by atoms with Crippen molar-refractivity contribution in [1.82, 2.24) is 0 Å². The summed E-state index contributed by atoms with van der Waals surface area (Å²) in [6, 6.07) is 0. The SMILES string of the molecule is CC(C[C@H](O)[C@H]1OC1(C)C)C1=C2CC[C@H]3[C@@]4(C)CCC(=O)C(C)(C)[C@@H]4CC[C@]3(C)[C@@]2(C)CC1. The highest BCUT2D eigenvalue weighted by Crippen LogP contribution is 2.74. The van der Waals surface area contributed by atoms with Crippen molar-refractivity contribution >= 4 is 5.78 Å². The number of carbonyl (C=O) groups is 1. The van der Waals surface area contributed by atoms with E-state index in [0.717, 1.165) is 19.3 Å². The van der Waals surface area contributed by atoms with E-state index < -0.39 is 0 Å². The van der Waals surface area contributed by atoms with Gasteiger partial charge in [-0.25, -0.2) is 0 Å². The summed E-state index contributed by atoms with van der Waals surface area (Å²) in [6.07, 6.45) is 9.71. The first kappa shape index (κ1) is 24.0. The van der Waals surface area contributed by atoms with Gasteiger partial charge in [0.1, 0.15) is 11.9 Å². The summed E-state index contributed by atoms with van der Waals surface area (Å²) >= 11 is 0. The number of fused-ring (bicyclic) bond motifs is 5. The van der Waals surface area contributed by atoms with Gasteiger partial charge in [0.2, 0.25) is 0 Å². The van der Waals surface area contributed by atoms with Crippen molar-refractivity contribution in [2.75, 3.05) is 0 Å². The van der Waals surface area contributed by atoms with Crippen LogP contribution in [0.15, 0.2) is 11.1 Å². The Labute approximate surface area is 202 Å². The molecule has 3 nitrogen and oxygen atoms in total. The Morgan fingerprint density at radius 3 is 2.24 bits per heavy atom. The molecule has 4 aliphatic carbocycles. The maximum atomic E-state index is 12.9. The van der Waals surface area contributed by atoms with E-state index in [1.54, 1.807) is 11.1 Å². The Morgan fingerprint density at radius 1 is 0.939 bits per heavy atom. The maximum absolute atomic E-state index is 12.9. The molecular weight excluding hydrogens is 408 g/mol. The fourth-order valence-electron chi connectivity index (χ4n) is 10.1. The van der Waals surface area contributed by atoms with Crippen LogP contribution >= 0.6 is 0 Å². The van der Waals surface area contributed by atoms with Crippen LogP contribution in [0.1, 0.15) is 113 Å². The minimum Gasteiger partial charge on any atom is -0.390 e. The Bertz CT molecular complexity index is 883. The Morgan fingerprint density at radius 2 is 1.61 bits per heavy atom. The molecule has 0 radical (unpaired) electrons. The predicted octanol–water partition coefficient (Wildman–Crippen LogP) is 6.87. The maximum Gasteiger partial charge on any atom is 0.138 e. The van der Waals surface area contributed by atoms with Crippen molar-refractivity contribution in [3.63, 3.8) is 0 Å². The topological polar surface area (TPSA) is 49.8 Å². The molecule has 0 bridgehead atoms. The zero-order chi connectivity index (χ0) is 24.2. The molecule has 1 N–H and O–H groups in total. The zero-order valence-electron chi connectivity index (χ0n) is 22.5. The van der Waals surface area contributed by atoms with Crippen LogP contribution in [-0.4, -0.2) is 28.7 Å². The quantitative estimate of drug-likeness (QED) is 0.371. The van der Waals surface area contributed by atoms with Gasteiger partial charge < -0.3 is 9.84 Å². The number of allylic oxidation sites excluding steroid dienone is 2. The van der Waals surface area contributed by atoms with Crippen LogP contribution in [0.2, 0.25) is 0 Å². The van der Waals surface area contributed by atoms with Gasteiger partial charge in [0.05, 0.1) is 11.7 Å². The van der Waals surface area contributed by atoms with Gasteiger partial charge in [0, 0.05) is 11.8 Å². The van der Waals surface area contributed by atoms with E-state index in [1.165, 1.54) is 38.5 Å². The number of carbonyl (C=O) groups excluding carboxylic acids is 1. The second-order valence-electron chi connectivity index (χ2n) is 14.4. The van der Waals surface area contributed by atoms with Crippen molar-refractivity contribution < 1.29 is 14.6 Å². The van der Waals surface area contributed by atoms with E-state index in [1.807, 2.05) is 0 Å². The van der Waals surface area contributed by atoms with E-state index >= 15 is 0 Å². The molecule has 5 rings (SSSR count). The highest BCUT2D eigenvalue weighted by Gasteiger charge is 2.66. The summed E-state index contributed by atoms with van der Waals surface area (Å²) in [4.78, 5) is 12.9. The normalized spacial score (nSPS) is 47.4. The zero-order valence-corrected chi connectivity index (χ0v) is 22.5. The Kier molecular flexibility index (Phi) is 5.24. The van der Waals surface area contributed by atoms with Crippen LogP contribution in [-0.2, 0) is 9.53 Å². The van der Waals surface area contributed by atoms with Crippen LogP contribution in [0.25, 0.3) is 0 Å². The number of hydrogen-bond acceptors (Lipinski definition) is 3. The van der Waals surface area contributed by atoms with E-state index in [2.05, 4.69) is 55.4 Å². The molecule has 33 heavy (non-hydrogen) atoms. The molecule has 0 aromatic heterocycles. The molecule has 4 fully saturated rings. The van der Waals surface area contributed by atoms with Gasteiger partial charge in [-0.05, 0) is 99.2 Å². The summed E-state index contributed by atoms with van der Waals surface area (Å²) in [6.45, 7) is 18.7. The largest absolute Gasteiger partial charge is 0.390 e. The smallest absolute Gasteiger partial charge is 0.138 e. The molecule has 0 spiro atoms. The molecule has 3 heteroatoms. The lowest BCUT2D eigenvalue weighted by atomic mass is 9.36. The van der Waals surface area contributed by atoms with Gasteiger partial charge in [-0.1, -0.05) is 52.7 Å². The summed E-state index contributed by atoms with van der Waals surface area (Å²) in [5.74, 6) is 2.14. The summed E-state index contributed by atoms with van der Waals surface area (Å²) in [5.41, 5.74) is 3.92. The average molecular weight is 457 g/mol. The molecule has 3 saturated carbocycles. The van der Waals surface area contributed by atoms with Crippen molar-refractivity contribution in [3.8, 4) is 0 Å². The van der Waals surface area contributed by atoms with Gasteiger partial charge in [0.25, 0.3) is 0 Å².